The van der Waals surface area contributed by atoms with Crippen LogP contribution in [0.1, 0.15) is 11.3 Å². The second kappa shape index (κ2) is 3.70. The van der Waals surface area contributed by atoms with Gasteiger partial charge >= 0.3 is 0 Å². The van der Waals surface area contributed by atoms with Crippen molar-refractivity contribution in [1.29, 1.82) is 0 Å². The summed E-state index contributed by atoms with van der Waals surface area (Å²) in [7, 11) is 1.82. The number of fused-ring (bicyclic) bond motifs is 3. The van der Waals surface area contributed by atoms with Gasteiger partial charge in [-0.05, 0) is 17.2 Å². The number of amides is 1. The molecule has 0 aromatic carbocycles. The Morgan fingerprint density at radius 3 is 3.12 bits per heavy atom. The first kappa shape index (κ1) is 10.5. The van der Waals surface area contributed by atoms with Gasteiger partial charge in [-0.25, -0.2) is 4.98 Å². The number of rotatable bonds is 0. The zero-order valence-electron chi connectivity index (χ0n) is 9.35. The molecule has 86 valence electrons. The number of hydrogen-bond donors (Lipinski definition) is 0. The molecule has 0 radical (unpaired) electrons. The fourth-order valence-electron chi connectivity index (χ4n) is 2.33. The third kappa shape index (κ3) is 1.58. The number of hydrogen-bond acceptors (Lipinski definition) is 2. The molecule has 1 unspecified atom stereocenters. The Morgan fingerprint density at radius 2 is 2.29 bits per heavy atom. The number of allylic oxidation sites excluding steroid dienone is 2. The highest BCUT2D eigenvalue weighted by Gasteiger charge is 2.32. The van der Waals surface area contributed by atoms with E-state index in [0.717, 1.165) is 16.8 Å². The molecule has 1 aromatic heterocycles. The molecule has 0 N–H and O–H groups in total. The second-order valence-corrected chi connectivity index (χ2v) is 4.71. The standard InChI is InChI=1S/C13H11ClN2O/c1-16-7-8-5-6-11(14)15-12(8)9-3-2-4-10(9)13(16)17/h2-6,10H,7H2,1H3. The van der Waals surface area contributed by atoms with Crippen molar-refractivity contribution < 1.29 is 4.79 Å². The summed E-state index contributed by atoms with van der Waals surface area (Å²) < 4.78 is 0. The lowest BCUT2D eigenvalue weighted by molar-refractivity contribution is -0.131. The molecular weight excluding hydrogens is 236 g/mol. The highest BCUT2D eigenvalue weighted by Crippen LogP contribution is 2.35. The van der Waals surface area contributed by atoms with Crippen LogP contribution in [0, 0.1) is 5.92 Å². The van der Waals surface area contributed by atoms with E-state index in [1.54, 1.807) is 11.0 Å². The number of carbonyl (C=O) groups excluding carboxylic acids is 1. The fraction of sp³-hybridized carbons (Fsp3) is 0.231. The Kier molecular flexibility index (Phi) is 2.30. The van der Waals surface area contributed by atoms with E-state index >= 15 is 0 Å². The summed E-state index contributed by atoms with van der Waals surface area (Å²) >= 11 is 5.94. The van der Waals surface area contributed by atoms with Crippen LogP contribution in [0.3, 0.4) is 0 Å². The lowest BCUT2D eigenvalue weighted by Gasteiger charge is -2.16. The summed E-state index contributed by atoms with van der Waals surface area (Å²) in [4.78, 5) is 18.2. The smallest absolute Gasteiger partial charge is 0.234 e. The summed E-state index contributed by atoms with van der Waals surface area (Å²) in [5, 5.41) is 0.465. The van der Waals surface area contributed by atoms with Gasteiger partial charge in [0.15, 0.2) is 0 Å². The predicted molar refractivity (Wildman–Crippen MR) is 66.3 cm³/mol. The number of pyridine rings is 1. The van der Waals surface area contributed by atoms with E-state index in [2.05, 4.69) is 4.98 Å². The Hall–Kier alpha value is -1.61. The third-order valence-electron chi connectivity index (χ3n) is 3.18. The predicted octanol–water partition coefficient (Wildman–Crippen LogP) is 2.28. The first-order valence-electron chi connectivity index (χ1n) is 5.46. The topological polar surface area (TPSA) is 33.2 Å². The first-order valence-corrected chi connectivity index (χ1v) is 5.84. The van der Waals surface area contributed by atoms with E-state index < -0.39 is 0 Å². The van der Waals surface area contributed by atoms with Crippen LogP contribution in [0.2, 0.25) is 5.15 Å². The molecule has 1 aromatic rings. The molecule has 2 heterocycles. The van der Waals surface area contributed by atoms with Gasteiger partial charge in [-0.3, -0.25) is 4.79 Å². The van der Waals surface area contributed by atoms with Crippen LogP contribution in [0.5, 0.6) is 0 Å². The van der Waals surface area contributed by atoms with Crippen molar-refractivity contribution >= 4 is 23.1 Å². The van der Waals surface area contributed by atoms with E-state index in [4.69, 9.17) is 11.6 Å². The molecule has 2 aliphatic rings. The summed E-state index contributed by atoms with van der Waals surface area (Å²) in [5.74, 6) is -0.0914. The van der Waals surface area contributed by atoms with Crippen LogP contribution in [-0.4, -0.2) is 22.8 Å². The van der Waals surface area contributed by atoms with Gasteiger partial charge in [0.25, 0.3) is 0 Å². The molecule has 17 heavy (non-hydrogen) atoms. The van der Waals surface area contributed by atoms with Crippen molar-refractivity contribution in [3.63, 3.8) is 0 Å². The molecule has 0 spiro atoms. The van der Waals surface area contributed by atoms with E-state index in [-0.39, 0.29) is 11.8 Å². The van der Waals surface area contributed by atoms with Crippen LogP contribution in [0.4, 0.5) is 0 Å². The van der Waals surface area contributed by atoms with Crippen molar-refractivity contribution in [2.75, 3.05) is 7.05 Å². The fourth-order valence-corrected chi connectivity index (χ4v) is 2.48. The number of carbonyl (C=O) groups is 1. The van der Waals surface area contributed by atoms with Gasteiger partial charge in [0, 0.05) is 13.6 Å². The summed E-state index contributed by atoms with van der Waals surface area (Å²) in [6.45, 7) is 0.583. The van der Waals surface area contributed by atoms with Gasteiger partial charge in [0.05, 0.1) is 11.6 Å². The first-order chi connectivity index (χ1) is 8.16. The molecule has 1 aliphatic heterocycles. The van der Waals surface area contributed by atoms with Crippen LogP contribution in [-0.2, 0) is 11.3 Å². The minimum atomic E-state index is -0.202. The molecule has 0 bridgehead atoms. The number of halogens is 1. The number of aromatic nitrogens is 1. The summed E-state index contributed by atoms with van der Waals surface area (Å²) in [5.41, 5.74) is 2.85. The molecule has 4 heteroatoms. The van der Waals surface area contributed by atoms with Crippen LogP contribution < -0.4 is 0 Å². The number of nitrogens with zero attached hydrogens (tertiary/aromatic N) is 2. The average molecular weight is 247 g/mol. The third-order valence-corrected chi connectivity index (χ3v) is 3.39. The van der Waals surface area contributed by atoms with E-state index in [9.17, 15) is 4.79 Å². The van der Waals surface area contributed by atoms with Crippen LogP contribution >= 0.6 is 11.6 Å². The molecule has 1 aliphatic carbocycles. The minimum absolute atomic E-state index is 0.110. The van der Waals surface area contributed by atoms with Crippen LogP contribution in [0.15, 0.2) is 30.4 Å². The normalized spacial score (nSPS) is 22.0. The molecule has 3 nitrogen and oxygen atoms in total. The lowest BCUT2D eigenvalue weighted by Crippen LogP contribution is -2.29. The van der Waals surface area contributed by atoms with Crippen molar-refractivity contribution in [1.82, 2.24) is 9.88 Å². The van der Waals surface area contributed by atoms with Crippen molar-refractivity contribution in [2.24, 2.45) is 5.92 Å². The summed E-state index contributed by atoms with van der Waals surface area (Å²) in [6.07, 6.45) is 5.76. The van der Waals surface area contributed by atoms with Crippen molar-refractivity contribution in [3.8, 4) is 0 Å². The van der Waals surface area contributed by atoms with Gasteiger partial charge in [-0.15, -0.1) is 0 Å². The Labute approximate surface area is 104 Å². The molecular formula is C13H11ClN2O. The molecule has 0 saturated heterocycles. The lowest BCUT2D eigenvalue weighted by atomic mass is 9.97. The maximum atomic E-state index is 12.2. The Balaban J connectivity index is 2.20. The Morgan fingerprint density at radius 1 is 1.47 bits per heavy atom. The van der Waals surface area contributed by atoms with E-state index in [1.165, 1.54) is 0 Å². The van der Waals surface area contributed by atoms with Gasteiger partial charge in [-0.1, -0.05) is 35.9 Å². The quantitative estimate of drug-likeness (QED) is 0.658. The Bertz CT molecular complexity index is 563. The SMILES string of the molecule is CN1Cc2ccc(Cl)nc2C2=CC=CC2C1=O. The average Bonchev–Trinajstić information content (AvgIpc) is 2.75. The largest absolute Gasteiger partial charge is 0.341 e. The monoisotopic (exact) mass is 246 g/mol. The maximum absolute atomic E-state index is 12.2. The van der Waals surface area contributed by atoms with Gasteiger partial charge < -0.3 is 4.90 Å². The highest BCUT2D eigenvalue weighted by atomic mass is 35.5. The summed E-state index contributed by atoms with van der Waals surface area (Å²) in [6, 6.07) is 3.71. The van der Waals surface area contributed by atoms with Gasteiger partial charge in [0.1, 0.15) is 5.15 Å². The van der Waals surface area contributed by atoms with Crippen LogP contribution in [0.25, 0.3) is 5.57 Å². The molecule has 1 atom stereocenters. The molecule has 0 fully saturated rings. The zero-order chi connectivity index (χ0) is 12.0. The maximum Gasteiger partial charge on any atom is 0.234 e. The van der Waals surface area contributed by atoms with E-state index in [0.29, 0.717) is 11.7 Å². The van der Waals surface area contributed by atoms with Crippen molar-refractivity contribution in [2.45, 2.75) is 6.54 Å². The second-order valence-electron chi connectivity index (χ2n) is 4.32. The molecule has 0 saturated carbocycles. The molecule has 3 rings (SSSR count). The highest BCUT2D eigenvalue weighted by molar-refractivity contribution is 6.29. The zero-order valence-corrected chi connectivity index (χ0v) is 10.1. The minimum Gasteiger partial charge on any atom is -0.341 e. The van der Waals surface area contributed by atoms with Crippen molar-refractivity contribution in [3.05, 3.63) is 46.8 Å². The van der Waals surface area contributed by atoms with Gasteiger partial charge in [-0.2, -0.15) is 0 Å². The van der Waals surface area contributed by atoms with Gasteiger partial charge in [0.2, 0.25) is 5.91 Å². The molecule has 1 amide bonds. The van der Waals surface area contributed by atoms with E-state index in [1.807, 2.05) is 31.3 Å².